The normalized spacial score (nSPS) is 19.6. The third-order valence-electron chi connectivity index (χ3n) is 14.2. The average molecular weight is 894 g/mol. The number of pyridine rings is 1. The Balaban J connectivity index is 0.711. The van der Waals surface area contributed by atoms with E-state index in [1.54, 1.807) is 42.5 Å². The summed E-state index contributed by atoms with van der Waals surface area (Å²) >= 11 is 0. The van der Waals surface area contributed by atoms with Crippen molar-refractivity contribution in [1.29, 1.82) is 0 Å². The molecule has 0 radical (unpaired) electrons. The number of imide groups is 1. The summed E-state index contributed by atoms with van der Waals surface area (Å²) in [5.41, 5.74) is 4.29. The quantitative estimate of drug-likeness (QED) is 0.0832. The van der Waals surface area contributed by atoms with E-state index < -0.39 is 29.1 Å². The molecular weight excluding hydrogens is 842 g/mol. The van der Waals surface area contributed by atoms with Crippen LogP contribution in [0.2, 0.25) is 0 Å². The molecule has 4 fully saturated rings. The zero-order valence-electron chi connectivity index (χ0n) is 36.8. The van der Waals surface area contributed by atoms with Gasteiger partial charge in [0.15, 0.2) is 0 Å². The molecule has 5 heterocycles. The van der Waals surface area contributed by atoms with Gasteiger partial charge in [-0.15, -0.1) is 0 Å². The molecule has 3 saturated heterocycles. The summed E-state index contributed by atoms with van der Waals surface area (Å²) < 4.78 is 25.6. The zero-order valence-corrected chi connectivity index (χ0v) is 36.8. The number of carbonyl (C=O) groups excluding carboxylic acids is 5. The van der Waals surface area contributed by atoms with Crippen molar-refractivity contribution in [3.05, 3.63) is 108 Å². The molecule has 0 unspecified atom stereocenters. The van der Waals surface area contributed by atoms with Gasteiger partial charge in [0, 0.05) is 73.4 Å². The molecule has 0 bridgehead atoms. The topological polar surface area (TPSA) is 163 Å². The predicted molar refractivity (Wildman–Crippen MR) is 247 cm³/mol. The van der Waals surface area contributed by atoms with Gasteiger partial charge in [-0.3, -0.25) is 34.3 Å². The highest BCUT2D eigenvalue weighted by Gasteiger charge is 2.56. The summed E-state index contributed by atoms with van der Waals surface area (Å²) in [5.74, 6) is 1.21. The van der Waals surface area contributed by atoms with Crippen molar-refractivity contribution in [2.45, 2.75) is 70.4 Å². The van der Waals surface area contributed by atoms with Crippen LogP contribution in [0.1, 0.15) is 73.7 Å². The largest absolute Gasteiger partial charge is 0.495 e. The molecule has 340 valence electrons. The molecule has 1 atom stereocenters. The molecule has 66 heavy (non-hydrogen) atoms. The monoisotopic (exact) mass is 893 g/mol. The van der Waals surface area contributed by atoms with Gasteiger partial charge in [0.25, 0.3) is 5.91 Å². The summed E-state index contributed by atoms with van der Waals surface area (Å²) in [6.07, 6.45) is 8.84. The maximum atomic E-state index is 13.3. The number of hydrogen-bond acceptors (Lipinski definition) is 10. The first-order chi connectivity index (χ1) is 32.0. The Labute approximate surface area is 381 Å². The van der Waals surface area contributed by atoms with Gasteiger partial charge in [0.05, 0.1) is 18.3 Å². The molecule has 1 aliphatic carbocycles. The Morgan fingerprint density at radius 2 is 1.44 bits per heavy atom. The Hall–Kier alpha value is -7.03. The first-order valence-electron chi connectivity index (χ1n) is 22.9. The Morgan fingerprint density at radius 3 is 2.08 bits per heavy atom. The van der Waals surface area contributed by atoms with Gasteiger partial charge in [-0.2, -0.15) is 0 Å². The van der Waals surface area contributed by atoms with E-state index in [0.29, 0.717) is 66.1 Å². The van der Waals surface area contributed by atoms with E-state index in [0.717, 1.165) is 85.5 Å². The third-order valence-corrected chi connectivity index (χ3v) is 14.2. The van der Waals surface area contributed by atoms with Gasteiger partial charge in [-0.25, -0.2) is 4.39 Å². The smallest absolute Gasteiger partial charge is 0.255 e. The number of aromatic nitrogens is 1. The third kappa shape index (κ3) is 8.61. The fourth-order valence-corrected chi connectivity index (χ4v) is 10.2. The van der Waals surface area contributed by atoms with Crippen LogP contribution in [-0.4, -0.2) is 78.8 Å². The molecule has 5 amide bonds. The van der Waals surface area contributed by atoms with Crippen LogP contribution in [0.3, 0.4) is 0 Å². The number of amides is 5. The second-order valence-corrected chi connectivity index (χ2v) is 18.3. The lowest BCUT2D eigenvalue weighted by Crippen LogP contribution is -2.52. The van der Waals surface area contributed by atoms with Crippen molar-refractivity contribution in [3.8, 4) is 17.2 Å². The number of carbonyl (C=O) groups is 5. The second-order valence-electron chi connectivity index (χ2n) is 18.3. The van der Waals surface area contributed by atoms with Crippen LogP contribution >= 0.6 is 0 Å². The molecule has 5 aromatic rings. The molecular formula is C51H52FN7O7. The summed E-state index contributed by atoms with van der Waals surface area (Å²) in [6, 6.07) is 23.7. The number of rotatable bonds is 12. The molecule has 14 nitrogen and oxygen atoms in total. The number of benzene rings is 4. The molecule has 5 aliphatic rings. The maximum Gasteiger partial charge on any atom is 0.255 e. The number of fused-ring (bicyclic) bond motifs is 2. The molecule has 3 N–H and O–H groups in total. The lowest BCUT2D eigenvalue weighted by atomic mass is 9.82. The van der Waals surface area contributed by atoms with Crippen molar-refractivity contribution >= 4 is 63.2 Å². The van der Waals surface area contributed by atoms with Gasteiger partial charge in [-0.1, -0.05) is 0 Å². The predicted octanol–water partition coefficient (Wildman–Crippen LogP) is 7.82. The minimum atomic E-state index is -1.17. The van der Waals surface area contributed by atoms with Gasteiger partial charge in [0.2, 0.25) is 23.6 Å². The fraction of sp³-hybridized carbons (Fsp3) is 0.373. The molecule has 4 aliphatic heterocycles. The van der Waals surface area contributed by atoms with Crippen LogP contribution in [0.5, 0.6) is 17.2 Å². The molecule has 10 rings (SSSR count). The summed E-state index contributed by atoms with van der Waals surface area (Å²) in [5, 5.41) is 8.79. The molecule has 1 aromatic heterocycles. The lowest BCUT2D eigenvalue weighted by molar-refractivity contribution is -0.137. The first-order valence-corrected chi connectivity index (χ1v) is 22.9. The van der Waals surface area contributed by atoms with Gasteiger partial charge in [0.1, 0.15) is 34.5 Å². The molecule has 4 aromatic carbocycles. The number of anilines is 4. The van der Waals surface area contributed by atoms with E-state index in [9.17, 15) is 28.4 Å². The standard InChI is InChI=1S/C51H52FN7O7/c1-65-45-28-40-41(53-21-14-44(40)66-38-9-6-36(7-10-38)55-50(64)51(19-20-51)49(63)54-35-4-2-34(52)3-5-35)29-43(45)58-24-17-32(18-25-58)26-31-15-22-57(23-16-31)37-8-11-39-33(27-37)30-59(48(39)62)42-12-13-46(60)56-47(42)61/h2-11,14,21,27-29,31-32,42H,12-13,15-20,22-26,30H2,1H3,(H,54,63)(H,55,64)(H,56,60,61)/t42-/m0/s1. The number of halogens is 1. The average Bonchev–Trinajstić information content (AvgIpc) is 4.09. The Bertz CT molecular complexity index is 2710. The van der Waals surface area contributed by atoms with E-state index in [1.807, 2.05) is 24.3 Å². The lowest BCUT2D eigenvalue weighted by Gasteiger charge is -2.38. The fourth-order valence-electron chi connectivity index (χ4n) is 10.2. The molecule has 0 spiro atoms. The number of nitrogens with one attached hydrogen (secondary N) is 3. The van der Waals surface area contributed by atoms with E-state index in [1.165, 1.54) is 30.7 Å². The van der Waals surface area contributed by atoms with Crippen LogP contribution in [0.4, 0.5) is 27.1 Å². The van der Waals surface area contributed by atoms with Gasteiger partial charge in [-0.05, 0) is 154 Å². The highest BCUT2D eigenvalue weighted by Crippen LogP contribution is 2.48. The Morgan fingerprint density at radius 1 is 0.788 bits per heavy atom. The summed E-state index contributed by atoms with van der Waals surface area (Å²) in [4.78, 5) is 74.7. The second kappa shape index (κ2) is 17.7. The van der Waals surface area contributed by atoms with Crippen molar-refractivity contribution in [2.24, 2.45) is 17.3 Å². The van der Waals surface area contributed by atoms with Crippen LogP contribution in [0.25, 0.3) is 10.9 Å². The number of ether oxygens (including phenoxy) is 2. The van der Waals surface area contributed by atoms with E-state index >= 15 is 0 Å². The molecule has 1 saturated carbocycles. The first kappa shape index (κ1) is 42.9. The summed E-state index contributed by atoms with van der Waals surface area (Å²) in [6.45, 7) is 4.17. The van der Waals surface area contributed by atoms with Gasteiger partial charge < -0.3 is 34.8 Å². The van der Waals surface area contributed by atoms with E-state index in [4.69, 9.17) is 14.5 Å². The van der Waals surface area contributed by atoms with Crippen molar-refractivity contribution in [2.75, 3.05) is 53.7 Å². The van der Waals surface area contributed by atoms with Crippen LogP contribution in [0.15, 0.2) is 91.1 Å². The molecule has 15 heteroatoms. The highest BCUT2D eigenvalue weighted by atomic mass is 19.1. The zero-order chi connectivity index (χ0) is 45.5. The number of methoxy groups -OCH3 is 1. The van der Waals surface area contributed by atoms with E-state index in [2.05, 4.69) is 37.9 Å². The van der Waals surface area contributed by atoms with Crippen LogP contribution < -0.4 is 35.2 Å². The summed E-state index contributed by atoms with van der Waals surface area (Å²) in [7, 11) is 1.68. The van der Waals surface area contributed by atoms with Gasteiger partial charge >= 0.3 is 0 Å². The number of hydrogen-bond donors (Lipinski definition) is 3. The Kier molecular flexibility index (Phi) is 11.5. The van der Waals surface area contributed by atoms with Crippen molar-refractivity contribution in [3.63, 3.8) is 0 Å². The number of nitrogens with zero attached hydrogens (tertiary/aromatic N) is 4. The minimum Gasteiger partial charge on any atom is -0.495 e. The maximum absolute atomic E-state index is 13.3. The van der Waals surface area contributed by atoms with Crippen LogP contribution in [0, 0.1) is 23.1 Å². The highest BCUT2D eigenvalue weighted by molar-refractivity contribution is 6.17. The number of piperidine rings is 3. The SMILES string of the molecule is COc1cc2c(Oc3ccc(NC(=O)C4(C(=O)Nc5ccc(F)cc5)CC4)cc3)ccnc2cc1N1CCC(CC2CCN(c3ccc4c(c3)CN([C@H]3CCC(=O)NC3=O)C4=O)CC2)CC1. The van der Waals surface area contributed by atoms with Crippen molar-refractivity contribution < 1.29 is 37.8 Å². The minimum absolute atomic E-state index is 0.142. The van der Waals surface area contributed by atoms with Crippen LogP contribution in [-0.2, 0) is 25.7 Å². The van der Waals surface area contributed by atoms with Crippen molar-refractivity contribution in [1.82, 2.24) is 15.2 Å². The van der Waals surface area contributed by atoms with E-state index in [-0.39, 0.29) is 24.1 Å².